The van der Waals surface area contributed by atoms with Gasteiger partial charge in [-0.3, -0.25) is 9.59 Å². The van der Waals surface area contributed by atoms with E-state index in [-0.39, 0.29) is 29.9 Å². The number of likely N-dealkylation sites (N-methyl/N-ethyl adjacent to an activating group) is 3. The first kappa shape index (κ1) is 27.8. The Kier molecular flexibility index (Phi) is 16.9. The Morgan fingerprint density at radius 2 is 1.38 bits per heavy atom. The molecule has 172 valence electrons. The molecule has 0 aromatic rings. The maximum atomic E-state index is 12.4. The molecule has 0 aromatic carbocycles. The van der Waals surface area contributed by atoms with Crippen LogP contribution in [0.4, 0.5) is 0 Å². The van der Waals surface area contributed by atoms with Crippen molar-refractivity contribution in [2.75, 3.05) is 47.8 Å². The van der Waals surface area contributed by atoms with Crippen LogP contribution in [-0.2, 0) is 9.59 Å². The summed E-state index contributed by atoms with van der Waals surface area (Å²) in [6, 6.07) is -0.0587. The molecule has 6 N–H and O–H groups in total. The van der Waals surface area contributed by atoms with Gasteiger partial charge in [0.2, 0.25) is 11.8 Å². The van der Waals surface area contributed by atoms with E-state index < -0.39 is 0 Å². The van der Waals surface area contributed by atoms with Crippen molar-refractivity contribution in [2.45, 2.75) is 70.5 Å². The SMILES string of the molecule is CNCCC[C@@H](CNC(=O)[C@H](CCCCNC(=O)[C@H](CC(C)C)NC)NC)NC. The van der Waals surface area contributed by atoms with E-state index in [1.54, 1.807) is 0 Å². The van der Waals surface area contributed by atoms with Gasteiger partial charge in [0.15, 0.2) is 0 Å². The second-order valence-electron chi connectivity index (χ2n) is 8.08. The largest absolute Gasteiger partial charge is 0.355 e. The highest BCUT2D eigenvalue weighted by atomic mass is 16.2. The fourth-order valence-corrected chi connectivity index (χ4v) is 3.26. The van der Waals surface area contributed by atoms with E-state index in [9.17, 15) is 9.59 Å². The van der Waals surface area contributed by atoms with Gasteiger partial charge in [0.1, 0.15) is 0 Å². The van der Waals surface area contributed by atoms with Gasteiger partial charge in [-0.25, -0.2) is 0 Å². The predicted molar refractivity (Wildman–Crippen MR) is 121 cm³/mol. The summed E-state index contributed by atoms with van der Waals surface area (Å²) in [6.07, 6.45) is 5.41. The third kappa shape index (κ3) is 13.6. The lowest BCUT2D eigenvalue weighted by Gasteiger charge is -2.20. The van der Waals surface area contributed by atoms with Gasteiger partial charge in [-0.15, -0.1) is 0 Å². The van der Waals surface area contributed by atoms with Crippen LogP contribution in [-0.4, -0.2) is 77.8 Å². The standard InChI is InChI=1S/C21H46N6O2/c1-16(2)14-19(25-6)21(29)26-13-8-7-11-18(24-5)20(28)27-15-17(23-4)10-9-12-22-3/h16-19,22-25H,7-15H2,1-6H3,(H,26,29)(H,27,28)/t17-,18-,19-/m0/s1. The Labute approximate surface area is 178 Å². The predicted octanol–water partition coefficient (Wildman–Crippen LogP) is 0.199. The molecule has 0 saturated carbocycles. The highest BCUT2D eigenvalue weighted by molar-refractivity contribution is 5.82. The number of amides is 2. The van der Waals surface area contributed by atoms with Crippen LogP contribution in [0.25, 0.3) is 0 Å². The van der Waals surface area contributed by atoms with Crippen molar-refractivity contribution < 1.29 is 9.59 Å². The van der Waals surface area contributed by atoms with Crippen LogP contribution in [0.15, 0.2) is 0 Å². The Balaban J connectivity index is 4.10. The number of rotatable bonds is 18. The van der Waals surface area contributed by atoms with Gasteiger partial charge in [0.05, 0.1) is 12.1 Å². The quantitative estimate of drug-likeness (QED) is 0.179. The number of unbranched alkanes of at least 4 members (excludes halogenated alkanes) is 1. The average molecular weight is 415 g/mol. The summed E-state index contributed by atoms with van der Waals surface area (Å²) in [4.78, 5) is 24.6. The van der Waals surface area contributed by atoms with Gasteiger partial charge in [-0.1, -0.05) is 13.8 Å². The van der Waals surface area contributed by atoms with Crippen LogP contribution in [0.5, 0.6) is 0 Å². The molecule has 0 aliphatic carbocycles. The molecule has 0 aliphatic rings. The number of hydrogen-bond donors (Lipinski definition) is 6. The molecular formula is C21H46N6O2. The molecule has 0 saturated heterocycles. The van der Waals surface area contributed by atoms with Crippen molar-refractivity contribution in [3.63, 3.8) is 0 Å². The highest BCUT2D eigenvalue weighted by Crippen LogP contribution is 2.05. The van der Waals surface area contributed by atoms with Crippen molar-refractivity contribution >= 4 is 11.8 Å². The first-order valence-corrected chi connectivity index (χ1v) is 11.1. The third-order valence-corrected chi connectivity index (χ3v) is 5.17. The molecule has 0 spiro atoms. The third-order valence-electron chi connectivity index (χ3n) is 5.17. The van der Waals surface area contributed by atoms with Gasteiger partial charge in [-0.05, 0) is 79.2 Å². The van der Waals surface area contributed by atoms with Gasteiger partial charge in [0, 0.05) is 19.1 Å². The number of hydrogen-bond acceptors (Lipinski definition) is 6. The smallest absolute Gasteiger partial charge is 0.237 e. The Morgan fingerprint density at radius 3 is 1.93 bits per heavy atom. The zero-order chi connectivity index (χ0) is 22.1. The van der Waals surface area contributed by atoms with Crippen molar-refractivity contribution in [2.24, 2.45) is 5.92 Å². The van der Waals surface area contributed by atoms with Gasteiger partial charge < -0.3 is 31.9 Å². The Morgan fingerprint density at radius 1 is 0.724 bits per heavy atom. The van der Waals surface area contributed by atoms with Crippen LogP contribution in [0.2, 0.25) is 0 Å². The molecule has 3 atom stereocenters. The average Bonchev–Trinajstić information content (AvgIpc) is 2.70. The summed E-state index contributed by atoms with van der Waals surface area (Å²) >= 11 is 0. The van der Waals surface area contributed by atoms with Gasteiger partial charge >= 0.3 is 0 Å². The van der Waals surface area contributed by atoms with Crippen molar-refractivity contribution in [1.82, 2.24) is 31.9 Å². The summed E-state index contributed by atoms with van der Waals surface area (Å²) in [5.74, 6) is 0.567. The number of carbonyl (C=O) groups is 2. The maximum Gasteiger partial charge on any atom is 0.237 e. The highest BCUT2D eigenvalue weighted by Gasteiger charge is 2.18. The lowest BCUT2D eigenvalue weighted by Crippen LogP contribution is -2.47. The minimum Gasteiger partial charge on any atom is -0.355 e. The molecule has 0 unspecified atom stereocenters. The van der Waals surface area contributed by atoms with E-state index in [2.05, 4.69) is 45.7 Å². The first-order valence-electron chi connectivity index (χ1n) is 11.1. The van der Waals surface area contributed by atoms with Crippen molar-refractivity contribution in [1.29, 1.82) is 0 Å². The molecule has 0 aromatic heterocycles. The summed E-state index contributed by atoms with van der Waals surface area (Å²) in [7, 11) is 7.52. The summed E-state index contributed by atoms with van der Waals surface area (Å²) in [6.45, 7) is 6.48. The fourth-order valence-electron chi connectivity index (χ4n) is 3.26. The van der Waals surface area contributed by atoms with Gasteiger partial charge in [0.25, 0.3) is 0 Å². The Hall–Kier alpha value is -1.22. The number of carbonyl (C=O) groups excluding carboxylic acids is 2. The minimum absolute atomic E-state index is 0.0394. The van der Waals surface area contributed by atoms with E-state index >= 15 is 0 Å². The molecule has 0 heterocycles. The lowest BCUT2D eigenvalue weighted by molar-refractivity contribution is -0.124. The molecule has 0 rings (SSSR count). The van der Waals surface area contributed by atoms with Crippen molar-refractivity contribution in [3.05, 3.63) is 0 Å². The van der Waals surface area contributed by atoms with Crippen LogP contribution >= 0.6 is 0 Å². The molecule has 2 amide bonds. The van der Waals surface area contributed by atoms with Crippen LogP contribution in [0.3, 0.4) is 0 Å². The molecule has 0 fully saturated rings. The summed E-state index contributed by atoms with van der Waals surface area (Å²) < 4.78 is 0. The summed E-state index contributed by atoms with van der Waals surface area (Å²) in [5, 5.41) is 18.6. The topological polar surface area (TPSA) is 106 Å². The van der Waals surface area contributed by atoms with E-state index in [0.29, 0.717) is 19.0 Å². The monoisotopic (exact) mass is 414 g/mol. The Bertz CT molecular complexity index is 433. The van der Waals surface area contributed by atoms with E-state index in [1.165, 1.54) is 0 Å². The minimum atomic E-state index is -0.202. The molecule has 0 aliphatic heterocycles. The van der Waals surface area contributed by atoms with E-state index in [1.807, 2.05) is 28.2 Å². The van der Waals surface area contributed by atoms with E-state index in [4.69, 9.17) is 0 Å². The van der Waals surface area contributed by atoms with Gasteiger partial charge in [-0.2, -0.15) is 0 Å². The zero-order valence-corrected chi connectivity index (χ0v) is 19.5. The molecular weight excluding hydrogens is 368 g/mol. The zero-order valence-electron chi connectivity index (χ0n) is 19.5. The molecule has 8 nitrogen and oxygen atoms in total. The van der Waals surface area contributed by atoms with Crippen LogP contribution in [0.1, 0.15) is 52.4 Å². The molecule has 0 bridgehead atoms. The first-order chi connectivity index (χ1) is 13.9. The molecule has 29 heavy (non-hydrogen) atoms. The van der Waals surface area contributed by atoms with E-state index in [0.717, 1.165) is 45.1 Å². The lowest BCUT2D eigenvalue weighted by atomic mass is 10.0. The summed E-state index contributed by atoms with van der Waals surface area (Å²) in [5.41, 5.74) is 0. The fraction of sp³-hybridized carbons (Fsp3) is 0.905. The second kappa shape index (κ2) is 17.6. The normalized spacial score (nSPS) is 14.4. The van der Waals surface area contributed by atoms with Crippen LogP contribution < -0.4 is 31.9 Å². The van der Waals surface area contributed by atoms with Crippen molar-refractivity contribution in [3.8, 4) is 0 Å². The number of nitrogens with one attached hydrogen (secondary N) is 6. The maximum absolute atomic E-state index is 12.4. The second-order valence-corrected chi connectivity index (χ2v) is 8.08. The van der Waals surface area contributed by atoms with Crippen LogP contribution in [0, 0.1) is 5.92 Å². The molecule has 8 heteroatoms. The molecule has 0 radical (unpaired) electrons.